The maximum absolute atomic E-state index is 11.1. The lowest BCUT2D eigenvalue weighted by molar-refractivity contribution is 0.0698. The molecule has 1 aromatic rings. The average molecular weight is 247 g/mol. The Hall–Kier alpha value is -1.51. The SMILES string of the molecule is CC1CCCC(CNc2ccccc2C(=O)O)C1. The highest BCUT2D eigenvalue weighted by Gasteiger charge is 2.19. The van der Waals surface area contributed by atoms with E-state index in [2.05, 4.69) is 12.2 Å². The van der Waals surface area contributed by atoms with Crippen LogP contribution in [0.25, 0.3) is 0 Å². The summed E-state index contributed by atoms with van der Waals surface area (Å²) < 4.78 is 0. The van der Waals surface area contributed by atoms with E-state index in [1.165, 1.54) is 25.7 Å². The molecule has 2 rings (SSSR count). The van der Waals surface area contributed by atoms with Gasteiger partial charge in [0, 0.05) is 12.2 Å². The molecule has 1 aliphatic carbocycles. The molecular weight excluding hydrogens is 226 g/mol. The molecule has 0 radical (unpaired) electrons. The van der Waals surface area contributed by atoms with Gasteiger partial charge in [0.25, 0.3) is 0 Å². The highest BCUT2D eigenvalue weighted by molar-refractivity contribution is 5.94. The van der Waals surface area contributed by atoms with Gasteiger partial charge in [-0.3, -0.25) is 0 Å². The Kier molecular flexibility index (Phi) is 4.24. The minimum absolute atomic E-state index is 0.362. The topological polar surface area (TPSA) is 49.3 Å². The van der Waals surface area contributed by atoms with E-state index in [4.69, 9.17) is 5.11 Å². The Morgan fingerprint density at radius 3 is 2.89 bits per heavy atom. The summed E-state index contributed by atoms with van der Waals surface area (Å²) in [5.74, 6) is 0.617. The van der Waals surface area contributed by atoms with Crippen LogP contribution in [-0.4, -0.2) is 17.6 Å². The molecule has 98 valence electrons. The Bertz CT molecular complexity index is 417. The van der Waals surface area contributed by atoms with E-state index in [0.29, 0.717) is 11.5 Å². The normalized spacial score (nSPS) is 23.6. The molecule has 0 aliphatic heterocycles. The molecule has 18 heavy (non-hydrogen) atoms. The third-order valence-corrected chi connectivity index (χ3v) is 3.78. The van der Waals surface area contributed by atoms with Gasteiger partial charge in [-0.2, -0.15) is 0 Å². The summed E-state index contributed by atoms with van der Waals surface area (Å²) in [5, 5.41) is 12.4. The summed E-state index contributed by atoms with van der Waals surface area (Å²) in [5.41, 5.74) is 1.10. The summed E-state index contributed by atoms with van der Waals surface area (Å²) >= 11 is 0. The van der Waals surface area contributed by atoms with Gasteiger partial charge in [-0.1, -0.05) is 31.9 Å². The van der Waals surface area contributed by atoms with Crippen molar-refractivity contribution in [3.63, 3.8) is 0 Å². The summed E-state index contributed by atoms with van der Waals surface area (Å²) in [7, 11) is 0. The maximum Gasteiger partial charge on any atom is 0.337 e. The summed E-state index contributed by atoms with van der Waals surface area (Å²) in [6, 6.07) is 7.12. The first-order valence-electron chi connectivity index (χ1n) is 6.73. The van der Waals surface area contributed by atoms with Gasteiger partial charge < -0.3 is 10.4 Å². The first-order valence-corrected chi connectivity index (χ1v) is 6.73. The fraction of sp³-hybridized carbons (Fsp3) is 0.533. The number of hydrogen-bond acceptors (Lipinski definition) is 2. The van der Waals surface area contributed by atoms with Crippen molar-refractivity contribution in [2.75, 3.05) is 11.9 Å². The Morgan fingerprint density at radius 2 is 2.17 bits per heavy atom. The maximum atomic E-state index is 11.1. The Balaban J connectivity index is 1.95. The third-order valence-electron chi connectivity index (χ3n) is 3.78. The highest BCUT2D eigenvalue weighted by Crippen LogP contribution is 2.29. The predicted octanol–water partition coefficient (Wildman–Crippen LogP) is 3.62. The molecule has 3 nitrogen and oxygen atoms in total. The van der Waals surface area contributed by atoms with E-state index in [-0.39, 0.29) is 0 Å². The molecule has 0 bridgehead atoms. The molecule has 2 N–H and O–H groups in total. The molecule has 0 amide bonds. The number of rotatable bonds is 4. The second-order valence-electron chi connectivity index (χ2n) is 5.37. The zero-order chi connectivity index (χ0) is 13.0. The molecular formula is C15H21NO2. The number of para-hydroxylation sites is 1. The van der Waals surface area contributed by atoms with Crippen LogP contribution in [0.4, 0.5) is 5.69 Å². The highest BCUT2D eigenvalue weighted by atomic mass is 16.4. The summed E-state index contributed by atoms with van der Waals surface area (Å²) in [4.78, 5) is 11.1. The number of hydrogen-bond donors (Lipinski definition) is 2. The number of benzene rings is 1. The lowest BCUT2D eigenvalue weighted by Gasteiger charge is -2.27. The molecule has 0 aromatic heterocycles. The van der Waals surface area contributed by atoms with Crippen molar-refractivity contribution in [1.82, 2.24) is 0 Å². The predicted molar refractivity (Wildman–Crippen MR) is 73.0 cm³/mol. The molecule has 3 heteroatoms. The number of carbonyl (C=O) groups is 1. The van der Waals surface area contributed by atoms with Gasteiger partial charge in [-0.05, 0) is 36.8 Å². The standard InChI is InChI=1S/C15H21NO2/c1-11-5-4-6-12(9-11)10-16-14-8-3-2-7-13(14)15(17)18/h2-3,7-8,11-12,16H,4-6,9-10H2,1H3,(H,17,18). The molecule has 2 atom stereocenters. The van der Waals surface area contributed by atoms with Crippen LogP contribution in [0.2, 0.25) is 0 Å². The zero-order valence-corrected chi connectivity index (χ0v) is 10.9. The fourth-order valence-corrected chi connectivity index (χ4v) is 2.82. The van der Waals surface area contributed by atoms with Crippen LogP contribution in [0.1, 0.15) is 43.0 Å². The molecule has 1 fully saturated rings. The van der Waals surface area contributed by atoms with Crippen LogP contribution in [0, 0.1) is 11.8 Å². The second-order valence-corrected chi connectivity index (χ2v) is 5.37. The van der Waals surface area contributed by atoms with E-state index >= 15 is 0 Å². The molecule has 1 aromatic carbocycles. The van der Waals surface area contributed by atoms with Crippen molar-refractivity contribution in [2.45, 2.75) is 32.6 Å². The van der Waals surface area contributed by atoms with Crippen molar-refractivity contribution in [3.8, 4) is 0 Å². The van der Waals surface area contributed by atoms with Crippen LogP contribution >= 0.6 is 0 Å². The Labute approximate surface area is 108 Å². The zero-order valence-electron chi connectivity index (χ0n) is 10.9. The van der Waals surface area contributed by atoms with E-state index < -0.39 is 5.97 Å². The molecule has 1 aliphatic rings. The number of nitrogens with one attached hydrogen (secondary N) is 1. The average Bonchev–Trinajstić information content (AvgIpc) is 2.37. The van der Waals surface area contributed by atoms with E-state index in [1.54, 1.807) is 12.1 Å². The molecule has 2 unspecified atom stereocenters. The van der Waals surface area contributed by atoms with Crippen LogP contribution < -0.4 is 5.32 Å². The number of carboxylic acid groups (broad SMARTS) is 1. The first-order chi connectivity index (χ1) is 8.66. The Morgan fingerprint density at radius 1 is 1.39 bits per heavy atom. The number of anilines is 1. The lowest BCUT2D eigenvalue weighted by Crippen LogP contribution is -2.21. The summed E-state index contributed by atoms with van der Waals surface area (Å²) in [6.07, 6.45) is 5.14. The molecule has 1 saturated carbocycles. The van der Waals surface area contributed by atoms with E-state index in [1.807, 2.05) is 12.1 Å². The van der Waals surface area contributed by atoms with Crippen molar-refractivity contribution in [3.05, 3.63) is 29.8 Å². The smallest absolute Gasteiger partial charge is 0.337 e. The molecule has 0 heterocycles. The minimum Gasteiger partial charge on any atom is -0.478 e. The molecule has 0 saturated heterocycles. The van der Waals surface area contributed by atoms with Crippen LogP contribution in [0.15, 0.2) is 24.3 Å². The van der Waals surface area contributed by atoms with Crippen molar-refractivity contribution >= 4 is 11.7 Å². The van der Waals surface area contributed by atoms with Crippen LogP contribution in [-0.2, 0) is 0 Å². The fourth-order valence-electron chi connectivity index (χ4n) is 2.82. The summed E-state index contributed by atoms with van der Waals surface area (Å²) in [6.45, 7) is 3.19. The molecule has 0 spiro atoms. The minimum atomic E-state index is -0.866. The number of aromatic carboxylic acids is 1. The third kappa shape index (κ3) is 3.25. The van der Waals surface area contributed by atoms with Crippen LogP contribution in [0.5, 0.6) is 0 Å². The van der Waals surface area contributed by atoms with Crippen molar-refractivity contribution in [2.24, 2.45) is 11.8 Å². The van der Waals surface area contributed by atoms with Gasteiger partial charge in [0.05, 0.1) is 5.56 Å². The monoisotopic (exact) mass is 247 g/mol. The van der Waals surface area contributed by atoms with Crippen molar-refractivity contribution < 1.29 is 9.90 Å². The van der Waals surface area contributed by atoms with Gasteiger partial charge >= 0.3 is 5.97 Å². The van der Waals surface area contributed by atoms with Gasteiger partial charge in [0.2, 0.25) is 0 Å². The van der Waals surface area contributed by atoms with Crippen LogP contribution in [0.3, 0.4) is 0 Å². The first kappa shape index (κ1) is 12.9. The lowest BCUT2D eigenvalue weighted by atomic mass is 9.82. The van der Waals surface area contributed by atoms with Crippen molar-refractivity contribution in [1.29, 1.82) is 0 Å². The van der Waals surface area contributed by atoms with E-state index in [0.717, 1.165) is 18.2 Å². The quantitative estimate of drug-likeness (QED) is 0.854. The van der Waals surface area contributed by atoms with E-state index in [9.17, 15) is 4.79 Å². The van der Waals surface area contributed by atoms with Gasteiger partial charge in [0.1, 0.15) is 0 Å². The van der Waals surface area contributed by atoms with Gasteiger partial charge in [0.15, 0.2) is 0 Å². The van der Waals surface area contributed by atoms with Gasteiger partial charge in [-0.25, -0.2) is 4.79 Å². The van der Waals surface area contributed by atoms with Gasteiger partial charge in [-0.15, -0.1) is 0 Å². The second kappa shape index (κ2) is 5.89. The largest absolute Gasteiger partial charge is 0.478 e. The number of carboxylic acids is 1.